The van der Waals surface area contributed by atoms with Gasteiger partial charge in [-0.25, -0.2) is 4.79 Å². The third kappa shape index (κ3) is 3.20. The van der Waals surface area contributed by atoms with Gasteiger partial charge in [-0.2, -0.15) is 5.26 Å². The molecule has 0 unspecified atom stereocenters. The summed E-state index contributed by atoms with van der Waals surface area (Å²) in [6.45, 7) is 3.35. The summed E-state index contributed by atoms with van der Waals surface area (Å²) in [5, 5.41) is 8.79. The highest BCUT2D eigenvalue weighted by Crippen LogP contribution is 2.27. The second-order valence-corrected chi connectivity index (χ2v) is 4.15. The number of nitriles is 1. The van der Waals surface area contributed by atoms with E-state index in [1.54, 1.807) is 12.1 Å². The lowest BCUT2D eigenvalue weighted by Crippen LogP contribution is -2.02. The summed E-state index contributed by atoms with van der Waals surface area (Å²) in [7, 11) is 0. The molecule has 0 atom stereocenters. The third-order valence-electron chi connectivity index (χ3n) is 2.90. The summed E-state index contributed by atoms with van der Waals surface area (Å²) in [6.07, 6.45) is 6.57. The van der Waals surface area contributed by atoms with Gasteiger partial charge in [0.2, 0.25) is 0 Å². The van der Waals surface area contributed by atoms with Crippen LogP contribution >= 0.6 is 0 Å². The fraction of sp³-hybridized carbons (Fsp3) is 0.125. The molecule has 0 radical (unpaired) electrons. The summed E-state index contributed by atoms with van der Waals surface area (Å²) >= 11 is 0. The number of hydrogen-bond acceptors (Lipinski definition) is 3. The largest absolute Gasteiger partial charge is 0.423 e. The zero-order valence-corrected chi connectivity index (χ0v) is 10.4. The van der Waals surface area contributed by atoms with E-state index in [9.17, 15) is 4.79 Å². The quantitative estimate of drug-likeness (QED) is 0.470. The van der Waals surface area contributed by atoms with Crippen LogP contribution in [0.25, 0.3) is 5.57 Å². The molecule has 1 aliphatic carbocycles. The first kappa shape index (κ1) is 12.8. The number of hydrogen-bond donors (Lipinski definition) is 0. The van der Waals surface area contributed by atoms with Crippen LogP contribution in [0, 0.1) is 11.3 Å². The first-order chi connectivity index (χ1) is 9.22. The lowest BCUT2D eigenvalue weighted by atomic mass is 9.94. The topological polar surface area (TPSA) is 50.1 Å². The minimum atomic E-state index is -0.466. The Morgan fingerprint density at radius 3 is 2.53 bits per heavy atom. The van der Waals surface area contributed by atoms with Gasteiger partial charge in [-0.3, -0.25) is 0 Å². The molecule has 0 amide bonds. The zero-order valence-electron chi connectivity index (χ0n) is 10.4. The van der Waals surface area contributed by atoms with Crippen LogP contribution < -0.4 is 4.74 Å². The van der Waals surface area contributed by atoms with Gasteiger partial charge < -0.3 is 4.74 Å². The number of rotatable bonds is 3. The van der Waals surface area contributed by atoms with E-state index < -0.39 is 5.97 Å². The van der Waals surface area contributed by atoms with E-state index in [2.05, 4.69) is 12.6 Å². The van der Waals surface area contributed by atoms with Crippen LogP contribution in [0.4, 0.5) is 0 Å². The SMILES string of the molecule is C=CC(=O)Oc1ccc(C2=CC=C(C#N)CC2)cc1. The van der Waals surface area contributed by atoms with Crippen molar-refractivity contribution in [1.82, 2.24) is 0 Å². The van der Waals surface area contributed by atoms with Crippen LogP contribution in [0.3, 0.4) is 0 Å². The molecule has 0 saturated carbocycles. The van der Waals surface area contributed by atoms with Crippen LogP contribution in [-0.4, -0.2) is 5.97 Å². The predicted molar refractivity (Wildman–Crippen MR) is 73.2 cm³/mol. The molecule has 2 rings (SSSR count). The molecule has 3 heteroatoms. The van der Waals surface area contributed by atoms with E-state index in [0.29, 0.717) is 5.75 Å². The van der Waals surface area contributed by atoms with Crippen molar-refractivity contribution in [1.29, 1.82) is 5.26 Å². The summed E-state index contributed by atoms with van der Waals surface area (Å²) < 4.78 is 5.01. The number of ether oxygens (including phenoxy) is 1. The van der Waals surface area contributed by atoms with Crippen molar-refractivity contribution >= 4 is 11.5 Å². The van der Waals surface area contributed by atoms with Gasteiger partial charge in [0.25, 0.3) is 0 Å². The van der Waals surface area contributed by atoms with E-state index in [1.807, 2.05) is 24.3 Å². The predicted octanol–water partition coefficient (Wildman–Crippen LogP) is 3.41. The van der Waals surface area contributed by atoms with Crippen LogP contribution in [0.5, 0.6) is 5.75 Å². The molecule has 1 aromatic carbocycles. The smallest absolute Gasteiger partial charge is 0.335 e. The van der Waals surface area contributed by atoms with Gasteiger partial charge in [-0.1, -0.05) is 24.8 Å². The van der Waals surface area contributed by atoms with Crippen LogP contribution in [0.1, 0.15) is 18.4 Å². The molecule has 19 heavy (non-hydrogen) atoms. The average Bonchev–Trinajstić information content (AvgIpc) is 2.48. The van der Waals surface area contributed by atoms with Crippen LogP contribution in [-0.2, 0) is 4.79 Å². The van der Waals surface area contributed by atoms with Crippen molar-refractivity contribution in [3.05, 3.63) is 60.2 Å². The van der Waals surface area contributed by atoms with Gasteiger partial charge in [0.05, 0.1) is 6.07 Å². The Balaban J connectivity index is 2.13. The Morgan fingerprint density at radius 2 is 2.00 bits per heavy atom. The van der Waals surface area contributed by atoms with E-state index in [-0.39, 0.29) is 0 Å². The van der Waals surface area contributed by atoms with E-state index in [4.69, 9.17) is 10.00 Å². The van der Waals surface area contributed by atoms with Crippen molar-refractivity contribution in [3.63, 3.8) is 0 Å². The molecule has 1 aliphatic rings. The molecule has 0 fully saturated rings. The molecule has 0 N–H and O–H groups in total. The highest BCUT2D eigenvalue weighted by atomic mass is 16.5. The van der Waals surface area contributed by atoms with E-state index in [1.165, 1.54) is 5.57 Å². The zero-order chi connectivity index (χ0) is 13.7. The molecule has 94 valence electrons. The Bertz CT molecular complexity index is 601. The van der Waals surface area contributed by atoms with Gasteiger partial charge in [-0.15, -0.1) is 0 Å². The van der Waals surface area contributed by atoms with Crippen molar-refractivity contribution in [2.24, 2.45) is 0 Å². The van der Waals surface area contributed by atoms with E-state index >= 15 is 0 Å². The van der Waals surface area contributed by atoms with Gasteiger partial charge in [0, 0.05) is 11.6 Å². The van der Waals surface area contributed by atoms with E-state index in [0.717, 1.165) is 30.1 Å². The molecule has 0 bridgehead atoms. The lowest BCUT2D eigenvalue weighted by Gasteiger charge is -2.11. The molecule has 0 heterocycles. The fourth-order valence-electron chi connectivity index (χ4n) is 1.87. The van der Waals surface area contributed by atoms with Gasteiger partial charge in [0.15, 0.2) is 0 Å². The highest BCUT2D eigenvalue weighted by molar-refractivity contribution is 5.83. The number of nitrogens with zero attached hydrogens (tertiary/aromatic N) is 1. The monoisotopic (exact) mass is 251 g/mol. The first-order valence-corrected chi connectivity index (χ1v) is 5.97. The molecule has 0 aromatic heterocycles. The highest BCUT2D eigenvalue weighted by Gasteiger charge is 2.08. The summed E-state index contributed by atoms with van der Waals surface area (Å²) in [6, 6.07) is 9.48. The molecule has 0 saturated heterocycles. The van der Waals surface area contributed by atoms with Crippen LogP contribution in [0.2, 0.25) is 0 Å². The molecular formula is C16H13NO2. The Labute approximate surface area is 112 Å². The van der Waals surface area contributed by atoms with Crippen molar-refractivity contribution in [2.75, 3.05) is 0 Å². The second-order valence-electron chi connectivity index (χ2n) is 4.15. The van der Waals surface area contributed by atoms with Gasteiger partial charge in [-0.05, 0) is 42.2 Å². The molecule has 3 nitrogen and oxygen atoms in total. The third-order valence-corrected chi connectivity index (χ3v) is 2.90. The number of carbonyl (C=O) groups is 1. The summed E-state index contributed by atoms with van der Waals surface area (Å²) in [5.74, 6) is 0.0320. The molecule has 1 aromatic rings. The molecular weight excluding hydrogens is 238 g/mol. The minimum absolute atomic E-state index is 0.466. The average molecular weight is 251 g/mol. The maximum Gasteiger partial charge on any atom is 0.335 e. The van der Waals surface area contributed by atoms with Gasteiger partial charge >= 0.3 is 5.97 Å². The Kier molecular flexibility index (Phi) is 3.94. The maximum absolute atomic E-state index is 11.0. The van der Waals surface area contributed by atoms with Crippen molar-refractivity contribution < 1.29 is 9.53 Å². The fourth-order valence-corrected chi connectivity index (χ4v) is 1.87. The summed E-state index contributed by atoms with van der Waals surface area (Å²) in [5.41, 5.74) is 3.06. The van der Waals surface area contributed by atoms with Crippen LogP contribution in [0.15, 0.2) is 54.6 Å². The standard InChI is InChI=1S/C16H13NO2/c1-2-16(18)19-15-9-7-14(8-10-15)13-5-3-12(11-17)4-6-13/h2-3,5,7-10H,1,4,6H2. The number of esters is 1. The summed E-state index contributed by atoms with van der Waals surface area (Å²) in [4.78, 5) is 11.0. The second kappa shape index (κ2) is 5.83. The molecule has 0 spiro atoms. The van der Waals surface area contributed by atoms with Gasteiger partial charge in [0.1, 0.15) is 5.75 Å². The normalized spacial score (nSPS) is 13.8. The Morgan fingerprint density at radius 1 is 1.26 bits per heavy atom. The number of carbonyl (C=O) groups excluding carboxylic acids is 1. The Hall–Kier alpha value is -2.60. The lowest BCUT2D eigenvalue weighted by molar-refractivity contribution is -0.128. The maximum atomic E-state index is 11.0. The van der Waals surface area contributed by atoms with Crippen molar-refractivity contribution in [2.45, 2.75) is 12.8 Å². The van der Waals surface area contributed by atoms with Crippen molar-refractivity contribution in [3.8, 4) is 11.8 Å². The molecule has 0 aliphatic heterocycles. The first-order valence-electron chi connectivity index (χ1n) is 5.97. The number of allylic oxidation sites excluding steroid dienone is 4. The number of benzene rings is 1. The minimum Gasteiger partial charge on any atom is -0.423 e.